The Kier molecular flexibility index (Phi) is 14.2. The summed E-state index contributed by atoms with van der Waals surface area (Å²) in [5.74, 6) is 0.952. The molecule has 0 unspecified atom stereocenters. The zero-order chi connectivity index (χ0) is 38.7. The lowest BCUT2D eigenvalue weighted by Crippen LogP contribution is -2.42. The highest BCUT2D eigenvalue weighted by Gasteiger charge is 2.31. The maximum absolute atomic E-state index is 12.9. The maximum atomic E-state index is 12.9. The lowest BCUT2D eigenvalue weighted by molar-refractivity contribution is -0.144. The van der Waals surface area contributed by atoms with Crippen molar-refractivity contribution in [1.29, 1.82) is 0 Å². The summed E-state index contributed by atoms with van der Waals surface area (Å²) in [5.41, 5.74) is 6.51. The summed E-state index contributed by atoms with van der Waals surface area (Å²) in [4.78, 5) is 52.0. The topological polar surface area (TPSA) is 151 Å². The van der Waals surface area contributed by atoms with Crippen LogP contribution in [0.15, 0.2) is 42.5 Å². The molecule has 55 heavy (non-hydrogen) atoms. The first-order valence-electron chi connectivity index (χ1n) is 18.7. The summed E-state index contributed by atoms with van der Waals surface area (Å²) < 4.78 is 37.8. The number of methoxy groups -OCH3 is 4. The van der Waals surface area contributed by atoms with Gasteiger partial charge in [0.2, 0.25) is 24.4 Å². The monoisotopic (exact) mass is 761 g/mol. The molecule has 15 heteroatoms. The van der Waals surface area contributed by atoms with Gasteiger partial charge in [-0.15, -0.1) is 0 Å². The molecule has 15 nitrogen and oxygen atoms in total. The number of fused-ring (bicyclic) bond motifs is 2. The predicted octanol–water partition coefficient (Wildman–Crippen LogP) is 4.29. The maximum Gasteiger partial charge on any atom is 0.420 e. The summed E-state index contributed by atoms with van der Waals surface area (Å²) in [5, 5.41) is 0. The van der Waals surface area contributed by atoms with Gasteiger partial charge in [-0.1, -0.05) is 24.3 Å². The van der Waals surface area contributed by atoms with Crippen LogP contribution in [0.25, 0.3) is 0 Å². The van der Waals surface area contributed by atoms with E-state index in [0.29, 0.717) is 63.2 Å². The number of carbonyl (C=O) groups is 3. The average Bonchev–Trinajstić information content (AvgIpc) is 3.21. The van der Waals surface area contributed by atoms with Gasteiger partial charge in [-0.25, -0.2) is 9.78 Å². The molecule has 0 spiro atoms. The van der Waals surface area contributed by atoms with E-state index in [4.69, 9.17) is 43.1 Å². The molecule has 2 fully saturated rings. The molecule has 2 aromatic heterocycles. The number of amides is 3. The minimum Gasteiger partial charge on any atom is -0.410 e. The van der Waals surface area contributed by atoms with Crippen LogP contribution in [0.3, 0.4) is 0 Å². The highest BCUT2D eigenvalue weighted by molar-refractivity contribution is 5.89. The molecule has 3 aliphatic heterocycles. The number of rotatable bonds is 11. The van der Waals surface area contributed by atoms with Gasteiger partial charge in [0.05, 0.1) is 13.2 Å². The van der Waals surface area contributed by atoms with Crippen molar-refractivity contribution in [3.63, 3.8) is 0 Å². The van der Waals surface area contributed by atoms with E-state index in [1.807, 2.05) is 29.2 Å². The molecule has 296 valence electrons. The third kappa shape index (κ3) is 9.84. The van der Waals surface area contributed by atoms with Crippen LogP contribution in [0, 0.1) is 0 Å². The second-order valence-corrected chi connectivity index (χ2v) is 13.6. The van der Waals surface area contributed by atoms with E-state index in [-0.39, 0.29) is 25.0 Å². The molecule has 0 bridgehead atoms. The molecule has 0 N–H and O–H groups in total. The number of morpholine rings is 2. The quantitative estimate of drug-likeness (QED) is 0.257. The van der Waals surface area contributed by atoms with Crippen molar-refractivity contribution in [3.05, 3.63) is 81.8 Å². The van der Waals surface area contributed by atoms with E-state index in [2.05, 4.69) is 6.07 Å². The fraction of sp³-hybridized carbons (Fsp3) is 0.525. The highest BCUT2D eigenvalue weighted by atomic mass is 16.7. The van der Waals surface area contributed by atoms with Gasteiger partial charge in [-0.05, 0) is 79.0 Å². The number of aryl methyl sites for hydroxylation is 3. The number of ether oxygens (including phenoxy) is 7. The van der Waals surface area contributed by atoms with Crippen LogP contribution < -0.4 is 9.64 Å². The summed E-state index contributed by atoms with van der Waals surface area (Å²) >= 11 is 0. The molecule has 5 heterocycles. The molecule has 1 aromatic carbocycles. The third-order valence-electron chi connectivity index (χ3n) is 10.0. The second-order valence-electron chi connectivity index (χ2n) is 13.6. The number of para-hydroxylation sites is 1. The van der Waals surface area contributed by atoms with Crippen molar-refractivity contribution in [2.45, 2.75) is 64.2 Å². The van der Waals surface area contributed by atoms with Crippen LogP contribution in [0.1, 0.15) is 71.2 Å². The molecular formula is C40H51N5O10. The number of nitrogens with zero attached hydrogens (tertiary/aromatic N) is 5. The Labute approximate surface area is 321 Å². The summed E-state index contributed by atoms with van der Waals surface area (Å²) in [7, 11) is 6.28. The Morgan fingerprint density at radius 1 is 0.709 bits per heavy atom. The van der Waals surface area contributed by atoms with Gasteiger partial charge in [0.25, 0.3) is 0 Å². The van der Waals surface area contributed by atoms with Crippen molar-refractivity contribution in [2.24, 2.45) is 0 Å². The van der Waals surface area contributed by atoms with E-state index in [1.165, 1.54) is 32.6 Å². The van der Waals surface area contributed by atoms with E-state index in [1.54, 1.807) is 36.2 Å². The Bertz CT molecular complexity index is 1790. The molecule has 2 saturated heterocycles. The predicted molar refractivity (Wildman–Crippen MR) is 199 cm³/mol. The van der Waals surface area contributed by atoms with Crippen molar-refractivity contribution in [3.8, 4) is 5.75 Å². The summed E-state index contributed by atoms with van der Waals surface area (Å²) in [6.45, 7) is 3.83. The first kappa shape index (κ1) is 40.2. The van der Waals surface area contributed by atoms with Crippen LogP contribution >= 0.6 is 0 Å². The smallest absolute Gasteiger partial charge is 0.410 e. The fourth-order valence-corrected chi connectivity index (χ4v) is 7.22. The van der Waals surface area contributed by atoms with Gasteiger partial charge in [-0.2, -0.15) is 0 Å². The summed E-state index contributed by atoms with van der Waals surface area (Å²) in [6, 6.07) is 13.1. The molecule has 0 atom stereocenters. The third-order valence-corrected chi connectivity index (χ3v) is 10.0. The Morgan fingerprint density at radius 2 is 1.25 bits per heavy atom. The minimum atomic E-state index is -0.736. The molecule has 0 saturated carbocycles. The van der Waals surface area contributed by atoms with E-state index in [9.17, 15) is 14.4 Å². The van der Waals surface area contributed by atoms with Gasteiger partial charge in [0.1, 0.15) is 36.2 Å². The van der Waals surface area contributed by atoms with Gasteiger partial charge < -0.3 is 43.0 Å². The number of carbonyl (C=O) groups excluding carboxylic acids is 3. The number of benzene rings is 1. The van der Waals surface area contributed by atoms with Crippen molar-refractivity contribution in [2.75, 3.05) is 79.4 Å². The van der Waals surface area contributed by atoms with Gasteiger partial charge in [-0.3, -0.25) is 19.5 Å². The second kappa shape index (κ2) is 19.4. The van der Waals surface area contributed by atoms with Gasteiger partial charge in [0.15, 0.2) is 0 Å². The van der Waals surface area contributed by atoms with E-state index >= 15 is 0 Å². The molecule has 3 amide bonds. The average molecular weight is 762 g/mol. The highest BCUT2D eigenvalue weighted by Crippen LogP contribution is 2.33. The number of hydrogen-bond donors (Lipinski definition) is 0. The molecule has 4 aliphatic rings. The van der Waals surface area contributed by atoms with Crippen LogP contribution in [-0.2, 0) is 70.4 Å². The molecule has 7 rings (SSSR count). The van der Waals surface area contributed by atoms with Crippen molar-refractivity contribution < 1.29 is 47.5 Å². The Balaban J connectivity index is 0.000000197. The zero-order valence-corrected chi connectivity index (χ0v) is 32.1. The van der Waals surface area contributed by atoms with Crippen molar-refractivity contribution in [1.82, 2.24) is 19.8 Å². The Hall–Kier alpha value is -4.51. The molecular weight excluding hydrogens is 710 g/mol. The van der Waals surface area contributed by atoms with Crippen molar-refractivity contribution >= 4 is 23.7 Å². The summed E-state index contributed by atoms with van der Waals surface area (Å²) in [6.07, 6.45) is 4.24. The van der Waals surface area contributed by atoms with Crippen LogP contribution in [-0.4, -0.2) is 112 Å². The largest absolute Gasteiger partial charge is 0.420 e. The Morgan fingerprint density at radius 3 is 1.84 bits per heavy atom. The number of aromatic nitrogens is 2. The molecule has 0 radical (unpaired) electrons. The molecule has 3 aromatic rings. The SMILES string of the molecule is COC(OC)c1nc2c(cc1CN1CCOCC1=O)CCCC2.COC(OC)c1nc2c(cc1CN1CCOCC1=O)CCCN2C(=O)Oc1ccccc1. The standard InChI is InChI=1S/C23H27N3O6.C17H24N2O4/c1-29-22(30-2)20-17(14-25-11-12-31-15-19(25)27)13-16-7-6-10-26(21(16)24-20)23(28)32-18-8-4-3-5-9-18;1-21-17(22-2)16-13(10-19-7-8-23-11-15(19)20)9-12-5-3-4-6-14(12)18-16/h3-5,8-9,13,22H,6-7,10-12,14-15H2,1-2H3;9,17H,3-8,10-11H2,1-2H3. The fourth-order valence-electron chi connectivity index (χ4n) is 7.22. The van der Waals surface area contributed by atoms with E-state index < -0.39 is 18.7 Å². The first-order valence-corrected chi connectivity index (χ1v) is 18.7. The normalized spacial score (nSPS) is 17.2. The van der Waals surface area contributed by atoms with Gasteiger partial charge >= 0.3 is 6.09 Å². The van der Waals surface area contributed by atoms with E-state index in [0.717, 1.165) is 53.8 Å². The van der Waals surface area contributed by atoms with Gasteiger partial charge in [0, 0.05) is 66.9 Å². The number of hydrogen-bond acceptors (Lipinski definition) is 12. The molecule has 1 aliphatic carbocycles. The zero-order valence-electron chi connectivity index (χ0n) is 32.1. The number of pyridine rings is 2. The lowest BCUT2D eigenvalue weighted by Gasteiger charge is -2.32. The van der Waals surface area contributed by atoms with Crippen LogP contribution in [0.2, 0.25) is 0 Å². The van der Waals surface area contributed by atoms with Crippen LogP contribution in [0.4, 0.5) is 10.6 Å². The van der Waals surface area contributed by atoms with Crippen LogP contribution in [0.5, 0.6) is 5.75 Å². The minimum absolute atomic E-state index is 0.0197. The lowest BCUT2D eigenvalue weighted by atomic mass is 9.93. The number of anilines is 1. The first-order chi connectivity index (χ1) is 26.8.